The Bertz CT molecular complexity index is 1380. The number of rotatable bonds is 6. The molecule has 1 amide bonds. The van der Waals surface area contributed by atoms with Gasteiger partial charge in [0.25, 0.3) is 5.91 Å². The number of ether oxygens (including phenoxy) is 1. The normalized spacial score (nSPS) is 10.9. The summed E-state index contributed by atoms with van der Waals surface area (Å²) in [7, 11) is 0. The zero-order valence-electron chi connectivity index (χ0n) is 16.7. The highest BCUT2D eigenvalue weighted by molar-refractivity contribution is 7.17. The first kappa shape index (κ1) is 19.9. The first-order valence-electron chi connectivity index (χ1n) is 9.83. The van der Waals surface area contributed by atoms with E-state index in [1.807, 2.05) is 41.1 Å². The average molecular weight is 444 g/mol. The van der Waals surface area contributed by atoms with Crippen LogP contribution in [0.15, 0.2) is 85.3 Å². The number of pyridine rings is 1. The number of hydrogen-bond acceptors (Lipinski definition) is 5. The lowest BCUT2D eigenvalue weighted by atomic mass is 10.2. The van der Waals surface area contributed by atoms with Gasteiger partial charge in [0, 0.05) is 29.7 Å². The molecule has 0 aliphatic carbocycles. The first-order valence-corrected chi connectivity index (χ1v) is 10.6. The molecule has 0 atom stereocenters. The number of halogens is 1. The molecule has 0 radical (unpaired) electrons. The molecule has 0 fully saturated rings. The Morgan fingerprint density at radius 2 is 1.97 bits per heavy atom. The van der Waals surface area contributed by atoms with Crippen molar-refractivity contribution in [1.82, 2.24) is 14.4 Å². The Labute approximate surface area is 187 Å². The molecule has 0 unspecified atom stereocenters. The molecule has 32 heavy (non-hydrogen) atoms. The van der Waals surface area contributed by atoms with Gasteiger partial charge in [-0.25, -0.2) is 14.4 Å². The molecule has 3 aromatic heterocycles. The third-order valence-electron chi connectivity index (χ3n) is 4.73. The maximum Gasteiger partial charge on any atom is 0.267 e. The Kier molecular flexibility index (Phi) is 5.35. The predicted molar refractivity (Wildman–Crippen MR) is 121 cm³/mol. The molecule has 6 nitrogen and oxygen atoms in total. The van der Waals surface area contributed by atoms with E-state index in [0.29, 0.717) is 33.5 Å². The van der Waals surface area contributed by atoms with Crippen LogP contribution in [0.3, 0.4) is 0 Å². The number of amides is 1. The van der Waals surface area contributed by atoms with Crippen molar-refractivity contribution in [3.63, 3.8) is 0 Å². The van der Waals surface area contributed by atoms with E-state index in [-0.39, 0.29) is 11.7 Å². The third-order valence-corrected chi connectivity index (χ3v) is 5.76. The minimum Gasteiger partial charge on any atom is -0.487 e. The molecule has 2 aromatic carbocycles. The minimum absolute atomic E-state index is 0.305. The number of anilines is 1. The summed E-state index contributed by atoms with van der Waals surface area (Å²) in [4.78, 5) is 21.7. The monoisotopic (exact) mass is 444 g/mol. The lowest BCUT2D eigenvalue weighted by Crippen LogP contribution is -2.10. The van der Waals surface area contributed by atoms with Gasteiger partial charge in [-0.15, -0.1) is 11.3 Å². The number of thiazole rings is 1. The van der Waals surface area contributed by atoms with Gasteiger partial charge in [-0.1, -0.05) is 24.3 Å². The quantitative estimate of drug-likeness (QED) is 0.379. The van der Waals surface area contributed by atoms with Gasteiger partial charge < -0.3 is 14.5 Å². The van der Waals surface area contributed by atoms with Crippen LogP contribution in [0.4, 0.5) is 10.1 Å². The Balaban J connectivity index is 1.25. The maximum absolute atomic E-state index is 14.0. The second-order valence-corrected chi connectivity index (χ2v) is 8.01. The smallest absolute Gasteiger partial charge is 0.267 e. The maximum atomic E-state index is 14.0. The highest BCUT2D eigenvalue weighted by Gasteiger charge is 2.14. The molecule has 0 saturated heterocycles. The molecule has 0 aliphatic rings. The molecule has 158 valence electrons. The van der Waals surface area contributed by atoms with Crippen molar-refractivity contribution in [3.05, 3.63) is 102 Å². The second kappa shape index (κ2) is 8.60. The first-order chi connectivity index (χ1) is 15.7. The topological polar surface area (TPSA) is 68.5 Å². The summed E-state index contributed by atoms with van der Waals surface area (Å²) in [5, 5.41) is 3.29. The number of carbonyl (C=O) groups is 1. The lowest BCUT2D eigenvalue weighted by Gasteiger charge is -2.07. The van der Waals surface area contributed by atoms with Gasteiger partial charge >= 0.3 is 0 Å². The zero-order valence-corrected chi connectivity index (χ0v) is 17.6. The molecule has 0 spiro atoms. The van der Waals surface area contributed by atoms with Crippen LogP contribution < -0.4 is 10.1 Å². The molecule has 0 aliphatic heterocycles. The Morgan fingerprint density at radius 3 is 2.84 bits per heavy atom. The molecular formula is C24H17FN4O2S. The summed E-state index contributed by atoms with van der Waals surface area (Å²) in [6.07, 6.45) is 5.29. The van der Waals surface area contributed by atoms with Crippen LogP contribution in [0, 0.1) is 5.82 Å². The van der Waals surface area contributed by atoms with E-state index < -0.39 is 0 Å². The Morgan fingerprint density at radius 1 is 1.09 bits per heavy atom. The molecule has 1 N–H and O–H groups in total. The fourth-order valence-electron chi connectivity index (χ4n) is 3.21. The van der Waals surface area contributed by atoms with E-state index in [1.165, 1.54) is 12.3 Å². The summed E-state index contributed by atoms with van der Waals surface area (Å²) in [6.45, 7) is 0.305. The van der Waals surface area contributed by atoms with E-state index in [0.717, 1.165) is 22.7 Å². The SMILES string of the molecule is O=C(Nc1cccc(OCc2cn3ccccc3n2)c1)c1cnc(-c2ccccc2F)s1. The van der Waals surface area contributed by atoms with E-state index in [9.17, 15) is 9.18 Å². The van der Waals surface area contributed by atoms with Gasteiger partial charge in [-0.05, 0) is 36.4 Å². The standard InChI is InChI=1S/C24H17FN4O2S/c25-20-9-2-1-8-19(20)24-26-13-21(32-24)23(30)28-16-6-5-7-18(12-16)31-15-17-14-29-11-4-3-10-22(29)27-17/h1-14H,15H2,(H,28,30). The van der Waals surface area contributed by atoms with Crippen molar-refractivity contribution in [1.29, 1.82) is 0 Å². The Hall–Kier alpha value is -4.04. The molecular weight excluding hydrogens is 427 g/mol. The van der Waals surface area contributed by atoms with E-state index in [4.69, 9.17) is 4.74 Å². The van der Waals surface area contributed by atoms with Gasteiger partial charge in [-0.2, -0.15) is 0 Å². The van der Waals surface area contributed by atoms with Gasteiger partial charge in [0.15, 0.2) is 0 Å². The van der Waals surface area contributed by atoms with E-state index in [1.54, 1.807) is 36.4 Å². The predicted octanol–water partition coefficient (Wildman–Crippen LogP) is 5.43. The van der Waals surface area contributed by atoms with Gasteiger partial charge in [0.1, 0.15) is 33.7 Å². The summed E-state index contributed by atoms with van der Waals surface area (Å²) in [6, 6.07) is 19.3. The van der Waals surface area contributed by atoms with Crippen LogP contribution in [0.2, 0.25) is 0 Å². The fraction of sp³-hybridized carbons (Fsp3) is 0.0417. The molecule has 3 heterocycles. The number of nitrogens with one attached hydrogen (secondary N) is 1. The van der Waals surface area contributed by atoms with Crippen molar-refractivity contribution in [2.45, 2.75) is 6.61 Å². The van der Waals surface area contributed by atoms with Crippen molar-refractivity contribution >= 4 is 28.6 Å². The van der Waals surface area contributed by atoms with Crippen molar-refractivity contribution in [2.75, 3.05) is 5.32 Å². The van der Waals surface area contributed by atoms with E-state index >= 15 is 0 Å². The summed E-state index contributed by atoms with van der Waals surface area (Å²) in [5.41, 5.74) is 2.62. The number of carbonyl (C=O) groups excluding carboxylic acids is 1. The van der Waals surface area contributed by atoms with Gasteiger partial charge in [0.2, 0.25) is 0 Å². The number of fused-ring (bicyclic) bond motifs is 1. The second-order valence-electron chi connectivity index (χ2n) is 6.98. The van der Waals surface area contributed by atoms with Gasteiger partial charge in [0.05, 0.1) is 11.9 Å². The number of aromatic nitrogens is 3. The number of hydrogen-bond donors (Lipinski definition) is 1. The van der Waals surface area contributed by atoms with Crippen LogP contribution in [0.5, 0.6) is 5.75 Å². The highest BCUT2D eigenvalue weighted by Crippen LogP contribution is 2.28. The number of benzene rings is 2. The molecule has 5 rings (SSSR count). The number of nitrogens with zero attached hydrogens (tertiary/aromatic N) is 3. The molecule has 0 bridgehead atoms. The summed E-state index contributed by atoms with van der Waals surface area (Å²) in [5.74, 6) is -0.0805. The van der Waals surface area contributed by atoms with E-state index in [2.05, 4.69) is 15.3 Å². The van der Waals surface area contributed by atoms with Crippen molar-refractivity contribution in [3.8, 4) is 16.3 Å². The molecule has 0 saturated carbocycles. The van der Waals surface area contributed by atoms with Crippen molar-refractivity contribution < 1.29 is 13.9 Å². The largest absolute Gasteiger partial charge is 0.487 e. The summed E-state index contributed by atoms with van der Waals surface area (Å²) >= 11 is 1.14. The molecule has 5 aromatic rings. The van der Waals surface area contributed by atoms with Crippen molar-refractivity contribution in [2.24, 2.45) is 0 Å². The third kappa shape index (κ3) is 4.21. The average Bonchev–Trinajstić information content (AvgIpc) is 3.45. The number of imidazole rings is 1. The van der Waals surface area contributed by atoms with Crippen LogP contribution >= 0.6 is 11.3 Å². The summed E-state index contributed by atoms with van der Waals surface area (Å²) < 4.78 is 21.8. The zero-order chi connectivity index (χ0) is 21.9. The highest BCUT2D eigenvalue weighted by atomic mass is 32.1. The fourth-order valence-corrected chi connectivity index (χ4v) is 4.05. The van der Waals surface area contributed by atoms with Crippen LogP contribution in [0.25, 0.3) is 16.2 Å². The lowest BCUT2D eigenvalue weighted by molar-refractivity contribution is 0.103. The van der Waals surface area contributed by atoms with Crippen LogP contribution in [-0.2, 0) is 6.61 Å². The van der Waals surface area contributed by atoms with Gasteiger partial charge in [-0.3, -0.25) is 4.79 Å². The minimum atomic E-state index is -0.371. The van der Waals surface area contributed by atoms with Crippen LogP contribution in [0.1, 0.15) is 15.4 Å². The van der Waals surface area contributed by atoms with Crippen LogP contribution in [-0.4, -0.2) is 20.3 Å². The molecule has 8 heteroatoms.